The summed E-state index contributed by atoms with van der Waals surface area (Å²) in [5.41, 5.74) is 6.55. The number of oxime groups is 1. The maximum absolute atomic E-state index is 12.7. The molecular formula is C24H26N4O6S. The van der Waals surface area contributed by atoms with E-state index in [1.54, 1.807) is 30.5 Å². The van der Waals surface area contributed by atoms with Gasteiger partial charge in [-0.1, -0.05) is 23.4 Å². The lowest BCUT2D eigenvalue weighted by molar-refractivity contribution is 0.0730. The van der Waals surface area contributed by atoms with Gasteiger partial charge in [-0.2, -0.15) is 4.31 Å². The molecule has 0 spiro atoms. The van der Waals surface area contributed by atoms with Gasteiger partial charge < -0.3 is 24.8 Å². The van der Waals surface area contributed by atoms with E-state index in [1.165, 1.54) is 16.4 Å². The zero-order valence-corrected chi connectivity index (χ0v) is 19.8. The van der Waals surface area contributed by atoms with E-state index in [2.05, 4.69) is 10.1 Å². The molecule has 0 radical (unpaired) electrons. The minimum Gasteiger partial charge on any atom is -0.490 e. The molecule has 0 saturated carbocycles. The van der Waals surface area contributed by atoms with Gasteiger partial charge in [0.15, 0.2) is 12.4 Å². The molecule has 2 aromatic carbocycles. The maximum Gasteiger partial charge on any atom is 0.243 e. The lowest BCUT2D eigenvalue weighted by atomic mass is 10.2. The van der Waals surface area contributed by atoms with Crippen LogP contribution in [0.4, 0.5) is 0 Å². The Bertz CT molecular complexity index is 1230. The molecule has 2 heterocycles. The number of pyridine rings is 1. The summed E-state index contributed by atoms with van der Waals surface area (Å²) in [5.74, 6) is 1.56. The fourth-order valence-electron chi connectivity index (χ4n) is 3.27. The second-order valence-corrected chi connectivity index (χ2v) is 9.36. The zero-order valence-electron chi connectivity index (χ0n) is 18.9. The predicted octanol–water partition coefficient (Wildman–Crippen LogP) is 2.61. The standard InChI is InChI=1S/C24H26N4O6S/c25-23(22-7-4-12-26-24(22)34-20-5-2-1-3-6-20)27-33-18-17-32-19-8-10-21(11-9-19)35(29,30)28-13-15-31-16-14-28/h1-12H,13-18H2,(H2,25,27). The van der Waals surface area contributed by atoms with Crippen molar-refractivity contribution in [1.82, 2.24) is 9.29 Å². The topological polar surface area (TPSA) is 126 Å². The zero-order chi connectivity index (χ0) is 24.5. The molecule has 184 valence electrons. The van der Waals surface area contributed by atoms with E-state index in [0.29, 0.717) is 49.2 Å². The molecule has 1 aliphatic heterocycles. The van der Waals surface area contributed by atoms with Crippen molar-refractivity contribution >= 4 is 15.9 Å². The number of sulfonamides is 1. The Hall–Kier alpha value is -3.67. The van der Waals surface area contributed by atoms with E-state index in [0.717, 1.165) is 0 Å². The van der Waals surface area contributed by atoms with Gasteiger partial charge in [0, 0.05) is 19.3 Å². The summed E-state index contributed by atoms with van der Waals surface area (Å²) in [7, 11) is -3.54. The van der Waals surface area contributed by atoms with Gasteiger partial charge in [0.1, 0.15) is 18.1 Å². The number of hydrogen-bond acceptors (Lipinski definition) is 8. The first-order valence-corrected chi connectivity index (χ1v) is 12.4. The summed E-state index contributed by atoms with van der Waals surface area (Å²) in [5, 5.41) is 3.93. The summed E-state index contributed by atoms with van der Waals surface area (Å²) in [4.78, 5) is 9.71. The third-order valence-corrected chi connectivity index (χ3v) is 6.96. The van der Waals surface area contributed by atoms with Crippen molar-refractivity contribution in [1.29, 1.82) is 0 Å². The summed E-state index contributed by atoms with van der Waals surface area (Å²) >= 11 is 0. The van der Waals surface area contributed by atoms with Gasteiger partial charge in [0.25, 0.3) is 0 Å². The molecule has 2 N–H and O–H groups in total. The molecule has 0 unspecified atom stereocenters. The number of para-hydroxylation sites is 1. The highest BCUT2D eigenvalue weighted by Crippen LogP contribution is 2.23. The van der Waals surface area contributed by atoms with Gasteiger partial charge >= 0.3 is 0 Å². The van der Waals surface area contributed by atoms with Crippen LogP contribution in [-0.4, -0.2) is 63.1 Å². The molecule has 0 bridgehead atoms. The summed E-state index contributed by atoms with van der Waals surface area (Å²) in [6, 6.07) is 18.9. The highest BCUT2D eigenvalue weighted by molar-refractivity contribution is 7.89. The van der Waals surface area contributed by atoms with Crippen LogP contribution in [0.3, 0.4) is 0 Å². The molecule has 1 fully saturated rings. The van der Waals surface area contributed by atoms with Gasteiger partial charge in [-0.05, 0) is 48.5 Å². The molecular weight excluding hydrogens is 472 g/mol. The first-order chi connectivity index (χ1) is 17.0. The highest BCUT2D eigenvalue weighted by atomic mass is 32.2. The molecule has 3 aromatic rings. The number of aromatic nitrogens is 1. The second-order valence-electron chi connectivity index (χ2n) is 7.42. The van der Waals surface area contributed by atoms with E-state index in [4.69, 9.17) is 24.8 Å². The Morgan fingerprint density at radius 2 is 1.71 bits per heavy atom. The van der Waals surface area contributed by atoms with Crippen LogP contribution in [0.25, 0.3) is 0 Å². The van der Waals surface area contributed by atoms with Crippen LogP contribution < -0.4 is 15.2 Å². The smallest absolute Gasteiger partial charge is 0.243 e. The molecule has 4 rings (SSSR count). The van der Waals surface area contributed by atoms with Crippen molar-refractivity contribution in [2.75, 3.05) is 39.5 Å². The molecule has 1 aromatic heterocycles. The number of ether oxygens (including phenoxy) is 3. The largest absolute Gasteiger partial charge is 0.490 e. The van der Waals surface area contributed by atoms with Crippen molar-refractivity contribution in [2.45, 2.75) is 4.90 Å². The second kappa shape index (κ2) is 11.6. The van der Waals surface area contributed by atoms with E-state index in [1.807, 2.05) is 30.3 Å². The average Bonchev–Trinajstić information content (AvgIpc) is 2.90. The highest BCUT2D eigenvalue weighted by Gasteiger charge is 2.26. The van der Waals surface area contributed by atoms with Crippen molar-refractivity contribution in [3.05, 3.63) is 78.5 Å². The SMILES string of the molecule is N/C(=N/OCCOc1ccc(S(=O)(=O)N2CCOCC2)cc1)c1cccnc1Oc1ccccc1. The summed E-state index contributed by atoms with van der Waals surface area (Å²) in [6.45, 7) is 1.81. The summed E-state index contributed by atoms with van der Waals surface area (Å²) < 4.78 is 43.4. The number of nitrogens with two attached hydrogens (primary N) is 1. The first-order valence-electron chi connectivity index (χ1n) is 11.0. The quantitative estimate of drug-likeness (QED) is 0.196. The molecule has 0 aliphatic carbocycles. The minimum atomic E-state index is -3.54. The van der Waals surface area contributed by atoms with Gasteiger partial charge in [-0.25, -0.2) is 13.4 Å². The van der Waals surface area contributed by atoms with Crippen molar-refractivity contribution in [3.63, 3.8) is 0 Å². The maximum atomic E-state index is 12.7. The van der Waals surface area contributed by atoms with E-state index < -0.39 is 10.0 Å². The van der Waals surface area contributed by atoms with Gasteiger partial charge in [0.2, 0.25) is 15.9 Å². The molecule has 1 aliphatic rings. The normalized spacial score (nSPS) is 14.9. The number of amidine groups is 1. The number of benzene rings is 2. The average molecular weight is 499 g/mol. The van der Waals surface area contributed by atoms with Crippen LogP contribution in [0.1, 0.15) is 5.56 Å². The third kappa shape index (κ3) is 6.47. The van der Waals surface area contributed by atoms with E-state index in [9.17, 15) is 8.42 Å². The van der Waals surface area contributed by atoms with Crippen LogP contribution in [0.2, 0.25) is 0 Å². The van der Waals surface area contributed by atoms with Crippen molar-refractivity contribution in [3.8, 4) is 17.4 Å². The van der Waals surface area contributed by atoms with Gasteiger partial charge in [-0.15, -0.1) is 0 Å². The Morgan fingerprint density at radius 3 is 2.46 bits per heavy atom. The Balaban J connectivity index is 1.27. The van der Waals surface area contributed by atoms with Crippen LogP contribution in [0, 0.1) is 0 Å². The summed E-state index contributed by atoms with van der Waals surface area (Å²) in [6.07, 6.45) is 1.60. The van der Waals surface area contributed by atoms with Crippen molar-refractivity contribution in [2.24, 2.45) is 10.9 Å². The van der Waals surface area contributed by atoms with E-state index >= 15 is 0 Å². The predicted molar refractivity (Wildman–Crippen MR) is 129 cm³/mol. The number of rotatable bonds is 10. The lowest BCUT2D eigenvalue weighted by Crippen LogP contribution is -2.40. The van der Waals surface area contributed by atoms with Gasteiger partial charge in [0.05, 0.1) is 23.7 Å². The number of nitrogens with zero attached hydrogens (tertiary/aromatic N) is 3. The first kappa shape index (κ1) is 24.5. The number of morpholine rings is 1. The van der Waals surface area contributed by atoms with Crippen LogP contribution in [-0.2, 0) is 19.6 Å². The molecule has 0 atom stereocenters. The van der Waals surface area contributed by atoms with Crippen LogP contribution >= 0.6 is 0 Å². The number of hydrogen-bond donors (Lipinski definition) is 1. The molecule has 11 heteroatoms. The Kier molecular flexibility index (Phi) is 8.14. The fourth-order valence-corrected chi connectivity index (χ4v) is 4.68. The molecule has 35 heavy (non-hydrogen) atoms. The monoisotopic (exact) mass is 498 g/mol. The Morgan fingerprint density at radius 1 is 0.971 bits per heavy atom. The molecule has 10 nitrogen and oxygen atoms in total. The molecule has 0 amide bonds. The lowest BCUT2D eigenvalue weighted by Gasteiger charge is -2.26. The third-order valence-electron chi connectivity index (χ3n) is 5.04. The molecule has 1 saturated heterocycles. The minimum absolute atomic E-state index is 0.113. The van der Waals surface area contributed by atoms with Crippen molar-refractivity contribution < 1.29 is 27.5 Å². The van der Waals surface area contributed by atoms with Crippen LogP contribution in [0.15, 0.2) is 83.0 Å². The fraction of sp³-hybridized carbons (Fsp3) is 0.250. The van der Waals surface area contributed by atoms with Gasteiger partial charge in [-0.3, -0.25) is 0 Å². The van der Waals surface area contributed by atoms with E-state index in [-0.39, 0.29) is 23.9 Å². The van der Waals surface area contributed by atoms with Crippen LogP contribution in [0.5, 0.6) is 17.4 Å². The Labute approximate surface area is 203 Å².